The van der Waals surface area contributed by atoms with Gasteiger partial charge in [0.15, 0.2) is 0 Å². The number of hydrogen-bond donors (Lipinski definition) is 0. The van der Waals surface area contributed by atoms with E-state index in [0.717, 1.165) is 31.1 Å². The summed E-state index contributed by atoms with van der Waals surface area (Å²) >= 11 is 0. The number of fused-ring (bicyclic) bond motifs is 6. The Morgan fingerprint density at radius 1 is 0.818 bits per heavy atom. The molecule has 0 amide bonds. The van der Waals surface area contributed by atoms with Crippen molar-refractivity contribution in [1.29, 1.82) is 0 Å². The van der Waals surface area contributed by atoms with Gasteiger partial charge in [0.25, 0.3) is 0 Å². The fraction of sp³-hybridized carbons (Fsp3) is 0.903. The fourth-order valence-electron chi connectivity index (χ4n) is 11.2. The minimum Gasteiger partial charge on any atom is -0.381 e. The van der Waals surface area contributed by atoms with Crippen molar-refractivity contribution < 1.29 is 9.53 Å². The molecule has 0 unspecified atom stereocenters. The summed E-state index contributed by atoms with van der Waals surface area (Å²) in [5.74, 6) is 3.24. The Hall–Kier alpha value is -0.630. The molecule has 0 N–H and O–H groups in total. The standard InChI is InChI=1S/C31H50O2/c1-27(2)22-11-9-20-19-29(5)16-13-23-28(3,4)26(33-8)15-18-31(23,7)24(29)12-10-21(20)30(22,6)17-14-25(27)32/h9,21-24,26H,10-19H2,1-8H3/t21-,22-,23+,24+,26+,29+,30-,31+/m1/s1. The van der Waals surface area contributed by atoms with Crippen LogP contribution in [0.4, 0.5) is 0 Å². The average molecular weight is 455 g/mol. The molecule has 0 saturated heterocycles. The quantitative estimate of drug-likeness (QED) is 0.375. The van der Waals surface area contributed by atoms with Crippen LogP contribution in [0.2, 0.25) is 0 Å². The second-order valence-electron chi connectivity index (χ2n) is 14.9. The van der Waals surface area contributed by atoms with Crippen LogP contribution in [-0.2, 0) is 9.53 Å². The van der Waals surface area contributed by atoms with Gasteiger partial charge in [-0.1, -0.05) is 60.1 Å². The number of ether oxygens (including phenoxy) is 1. The number of ketones is 1. The van der Waals surface area contributed by atoms with Gasteiger partial charge in [-0.3, -0.25) is 4.79 Å². The van der Waals surface area contributed by atoms with Crippen molar-refractivity contribution in [3.8, 4) is 0 Å². The Kier molecular flexibility index (Phi) is 5.43. The molecule has 0 aromatic heterocycles. The van der Waals surface area contributed by atoms with Gasteiger partial charge in [0.05, 0.1) is 6.10 Å². The second-order valence-corrected chi connectivity index (χ2v) is 14.9. The molecular weight excluding hydrogens is 404 g/mol. The monoisotopic (exact) mass is 454 g/mol. The first-order valence-electron chi connectivity index (χ1n) is 14.1. The summed E-state index contributed by atoms with van der Waals surface area (Å²) in [5, 5.41) is 0. The van der Waals surface area contributed by atoms with Crippen molar-refractivity contribution >= 4 is 5.78 Å². The topological polar surface area (TPSA) is 26.3 Å². The maximum atomic E-state index is 12.9. The first-order valence-corrected chi connectivity index (χ1v) is 14.1. The lowest BCUT2D eigenvalue weighted by atomic mass is 9.42. The summed E-state index contributed by atoms with van der Waals surface area (Å²) < 4.78 is 6.03. The molecule has 4 saturated carbocycles. The number of carbonyl (C=O) groups is 1. The number of methoxy groups -OCH3 is 1. The molecule has 8 atom stereocenters. The van der Waals surface area contributed by atoms with Gasteiger partial charge in [-0.25, -0.2) is 0 Å². The van der Waals surface area contributed by atoms with Crippen molar-refractivity contribution in [2.24, 2.45) is 50.7 Å². The lowest BCUT2D eigenvalue weighted by molar-refractivity contribution is -0.177. The van der Waals surface area contributed by atoms with Gasteiger partial charge in [-0.15, -0.1) is 0 Å². The zero-order valence-electron chi connectivity index (χ0n) is 22.9. The molecule has 0 radical (unpaired) electrons. The number of hydrogen-bond acceptors (Lipinski definition) is 2. The van der Waals surface area contributed by atoms with E-state index < -0.39 is 0 Å². The predicted octanol–water partition coefficient (Wildman–Crippen LogP) is 8.00. The molecule has 0 aromatic rings. The van der Waals surface area contributed by atoms with Crippen LogP contribution in [0.5, 0.6) is 0 Å². The van der Waals surface area contributed by atoms with Gasteiger partial charge in [0.1, 0.15) is 5.78 Å². The Labute approximate surface area is 203 Å². The molecule has 2 nitrogen and oxygen atoms in total. The van der Waals surface area contributed by atoms with Crippen molar-refractivity contribution in [2.45, 2.75) is 119 Å². The molecule has 0 heterocycles. The maximum absolute atomic E-state index is 12.9. The Morgan fingerprint density at radius 2 is 1.55 bits per heavy atom. The summed E-state index contributed by atoms with van der Waals surface area (Å²) in [4.78, 5) is 12.9. The first-order chi connectivity index (χ1) is 15.3. The molecular formula is C31H50O2. The number of Topliss-reactive ketones (excluding diaryl/α,β-unsaturated/α-hetero) is 1. The van der Waals surface area contributed by atoms with Crippen LogP contribution in [-0.4, -0.2) is 19.0 Å². The third-order valence-electron chi connectivity index (χ3n) is 12.9. The summed E-state index contributed by atoms with van der Waals surface area (Å²) in [6.07, 6.45) is 15.3. The molecule has 0 aliphatic heterocycles. The highest BCUT2D eigenvalue weighted by molar-refractivity contribution is 5.85. The lowest BCUT2D eigenvalue weighted by Crippen LogP contribution is -2.58. The molecule has 0 aromatic carbocycles. The highest BCUT2D eigenvalue weighted by atomic mass is 16.5. The third-order valence-corrected chi connectivity index (χ3v) is 12.9. The van der Waals surface area contributed by atoms with Gasteiger partial charge in [0, 0.05) is 18.9 Å². The van der Waals surface area contributed by atoms with E-state index in [1.54, 1.807) is 5.57 Å². The van der Waals surface area contributed by atoms with Crippen LogP contribution in [0.3, 0.4) is 0 Å². The van der Waals surface area contributed by atoms with Crippen molar-refractivity contribution in [3.05, 3.63) is 11.6 Å². The molecule has 5 aliphatic rings. The van der Waals surface area contributed by atoms with Crippen molar-refractivity contribution in [3.63, 3.8) is 0 Å². The number of allylic oxidation sites excluding steroid dienone is 2. The molecule has 4 fully saturated rings. The molecule has 5 rings (SSSR count). The van der Waals surface area contributed by atoms with Gasteiger partial charge >= 0.3 is 0 Å². The van der Waals surface area contributed by atoms with Crippen LogP contribution < -0.4 is 0 Å². The average Bonchev–Trinajstić information content (AvgIpc) is 2.88. The van der Waals surface area contributed by atoms with Crippen LogP contribution in [0, 0.1) is 50.7 Å². The Balaban J connectivity index is 1.50. The molecule has 0 spiro atoms. The highest BCUT2D eigenvalue weighted by Gasteiger charge is 2.63. The van der Waals surface area contributed by atoms with E-state index in [4.69, 9.17) is 4.74 Å². The highest BCUT2D eigenvalue weighted by Crippen LogP contribution is 2.70. The van der Waals surface area contributed by atoms with E-state index in [-0.39, 0.29) is 10.8 Å². The van der Waals surface area contributed by atoms with Crippen LogP contribution >= 0.6 is 0 Å². The third kappa shape index (κ3) is 3.17. The summed E-state index contributed by atoms with van der Waals surface area (Å²) in [6, 6.07) is 0. The zero-order valence-corrected chi connectivity index (χ0v) is 22.9. The Bertz CT molecular complexity index is 851. The van der Waals surface area contributed by atoms with Gasteiger partial charge < -0.3 is 4.74 Å². The molecule has 186 valence electrons. The van der Waals surface area contributed by atoms with E-state index in [1.807, 2.05) is 7.11 Å². The summed E-state index contributed by atoms with van der Waals surface area (Å²) in [7, 11) is 1.93. The normalized spacial score (nSPS) is 50.7. The lowest BCUT2D eigenvalue weighted by Gasteiger charge is -2.64. The summed E-state index contributed by atoms with van der Waals surface area (Å²) in [6.45, 7) is 17.4. The zero-order chi connectivity index (χ0) is 24.0. The van der Waals surface area contributed by atoms with Crippen LogP contribution in [0.15, 0.2) is 11.6 Å². The predicted molar refractivity (Wildman–Crippen MR) is 136 cm³/mol. The SMILES string of the molecule is CO[C@H]1CC[C@@]2(C)[C@@H](CC[C@@]3(C)CC4=CC[C@@H]5C(C)(C)C(=O)CC[C@]5(C)[C@@H]4CC[C@@H]32)C1(C)C. The second kappa shape index (κ2) is 7.44. The molecule has 33 heavy (non-hydrogen) atoms. The maximum Gasteiger partial charge on any atom is 0.138 e. The minimum absolute atomic E-state index is 0.169. The van der Waals surface area contributed by atoms with Gasteiger partial charge in [-0.05, 0) is 103 Å². The van der Waals surface area contributed by atoms with Crippen LogP contribution in [0.25, 0.3) is 0 Å². The molecule has 2 heteroatoms. The fourth-order valence-corrected chi connectivity index (χ4v) is 11.2. The van der Waals surface area contributed by atoms with Gasteiger partial charge in [0.2, 0.25) is 0 Å². The van der Waals surface area contributed by atoms with Gasteiger partial charge in [-0.2, -0.15) is 0 Å². The largest absolute Gasteiger partial charge is 0.381 e. The van der Waals surface area contributed by atoms with E-state index in [9.17, 15) is 4.79 Å². The van der Waals surface area contributed by atoms with Crippen LogP contribution in [0.1, 0.15) is 113 Å². The van der Waals surface area contributed by atoms with Crippen molar-refractivity contribution in [2.75, 3.05) is 7.11 Å². The van der Waals surface area contributed by atoms with E-state index in [0.29, 0.717) is 40.0 Å². The molecule has 5 aliphatic carbocycles. The van der Waals surface area contributed by atoms with E-state index in [1.165, 1.54) is 44.9 Å². The first kappa shape index (κ1) is 24.1. The minimum atomic E-state index is -0.169. The Morgan fingerprint density at radius 3 is 2.24 bits per heavy atom. The molecule has 0 bridgehead atoms. The van der Waals surface area contributed by atoms with E-state index in [2.05, 4.69) is 54.5 Å². The number of rotatable bonds is 1. The van der Waals surface area contributed by atoms with E-state index >= 15 is 0 Å². The summed E-state index contributed by atoms with van der Waals surface area (Å²) in [5.41, 5.74) is 2.99. The number of carbonyl (C=O) groups excluding carboxylic acids is 1. The van der Waals surface area contributed by atoms with Crippen molar-refractivity contribution in [1.82, 2.24) is 0 Å². The smallest absolute Gasteiger partial charge is 0.138 e.